The number of benzene rings is 1. The Labute approximate surface area is 120 Å². The largest absolute Gasteiger partial charge is 0.375 e. The van der Waals surface area contributed by atoms with Crippen molar-refractivity contribution < 1.29 is 4.74 Å². The molecule has 4 heteroatoms. The van der Waals surface area contributed by atoms with Gasteiger partial charge in [0.2, 0.25) is 0 Å². The number of methoxy groups -OCH3 is 1. The third-order valence-corrected chi connectivity index (χ3v) is 3.46. The minimum atomic E-state index is -0.111. The first kappa shape index (κ1) is 14.8. The molecule has 0 saturated heterocycles. The molecule has 20 heavy (non-hydrogen) atoms. The maximum atomic E-state index is 6.34. The van der Waals surface area contributed by atoms with E-state index in [-0.39, 0.29) is 12.1 Å². The smallest absolute Gasteiger partial charge is 0.110 e. The maximum absolute atomic E-state index is 6.34. The van der Waals surface area contributed by atoms with Crippen LogP contribution in [0.3, 0.4) is 0 Å². The summed E-state index contributed by atoms with van der Waals surface area (Å²) >= 11 is 0. The van der Waals surface area contributed by atoms with E-state index in [1.165, 1.54) is 0 Å². The molecule has 108 valence electrons. The Morgan fingerprint density at radius 1 is 1.30 bits per heavy atom. The van der Waals surface area contributed by atoms with Crippen LogP contribution in [0.4, 0.5) is 0 Å². The van der Waals surface area contributed by atoms with Gasteiger partial charge < -0.3 is 15.0 Å². The Bertz CT molecular complexity index is 509. The lowest BCUT2D eigenvalue weighted by Crippen LogP contribution is -2.33. The van der Waals surface area contributed by atoms with Gasteiger partial charge in [-0.3, -0.25) is 0 Å². The van der Waals surface area contributed by atoms with Gasteiger partial charge in [-0.2, -0.15) is 0 Å². The van der Waals surface area contributed by atoms with Crippen LogP contribution in [0.2, 0.25) is 0 Å². The summed E-state index contributed by atoms with van der Waals surface area (Å²) in [6.07, 6.45) is 5.53. The maximum Gasteiger partial charge on any atom is 0.110 e. The van der Waals surface area contributed by atoms with Crippen LogP contribution >= 0.6 is 0 Å². The SMILES string of the molecule is CCCn1ccnc1CC(N)C(OC)c1ccccc1. The van der Waals surface area contributed by atoms with E-state index in [1.807, 2.05) is 42.7 Å². The lowest BCUT2D eigenvalue weighted by atomic mass is 10.00. The van der Waals surface area contributed by atoms with Gasteiger partial charge in [-0.05, 0) is 12.0 Å². The molecule has 0 saturated carbocycles. The lowest BCUT2D eigenvalue weighted by molar-refractivity contribution is 0.0794. The second-order valence-corrected chi connectivity index (χ2v) is 4.97. The summed E-state index contributed by atoms with van der Waals surface area (Å²) in [6, 6.07) is 9.99. The lowest BCUT2D eigenvalue weighted by Gasteiger charge is -2.23. The van der Waals surface area contributed by atoms with Gasteiger partial charge in [0, 0.05) is 38.5 Å². The minimum Gasteiger partial charge on any atom is -0.375 e. The molecule has 0 aliphatic carbocycles. The topological polar surface area (TPSA) is 53.1 Å². The molecule has 4 nitrogen and oxygen atoms in total. The van der Waals surface area contributed by atoms with Crippen molar-refractivity contribution in [3.63, 3.8) is 0 Å². The van der Waals surface area contributed by atoms with E-state index in [2.05, 4.69) is 16.5 Å². The van der Waals surface area contributed by atoms with E-state index >= 15 is 0 Å². The Hall–Kier alpha value is -1.65. The summed E-state index contributed by atoms with van der Waals surface area (Å²) in [5, 5.41) is 0. The third kappa shape index (κ3) is 3.46. The van der Waals surface area contributed by atoms with Crippen LogP contribution in [0.5, 0.6) is 0 Å². The van der Waals surface area contributed by atoms with Crippen LogP contribution in [-0.2, 0) is 17.7 Å². The van der Waals surface area contributed by atoms with E-state index < -0.39 is 0 Å². The first-order chi connectivity index (χ1) is 9.76. The zero-order chi connectivity index (χ0) is 14.4. The van der Waals surface area contributed by atoms with E-state index in [4.69, 9.17) is 10.5 Å². The molecule has 0 bridgehead atoms. The molecule has 1 aromatic carbocycles. The van der Waals surface area contributed by atoms with Gasteiger partial charge in [-0.1, -0.05) is 37.3 Å². The summed E-state index contributed by atoms with van der Waals surface area (Å²) in [6.45, 7) is 3.14. The number of hydrogen-bond acceptors (Lipinski definition) is 3. The van der Waals surface area contributed by atoms with Crippen molar-refractivity contribution in [2.75, 3.05) is 7.11 Å². The predicted molar refractivity (Wildman–Crippen MR) is 80.4 cm³/mol. The van der Waals surface area contributed by atoms with Crippen LogP contribution in [0.25, 0.3) is 0 Å². The standard InChI is InChI=1S/C16H23N3O/c1-3-10-19-11-9-18-15(19)12-14(17)16(20-2)13-7-5-4-6-8-13/h4-9,11,14,16H,3,10,12,17H2,1-2H3. The predicted octanol–water partition coefficient (Wildman–Crippen LogP) is 2.55. The first-order valence-electron chi connectivity index (χ1n) is 7.09. The van der Waals surface area contributed by atoms with Crippen LogP contribution in [-0.4, -0.2) is 22.7 Å². The summed E-state index contributed by atoms with van der Waals surface area (Å²) in [5.74, 6) is 1.03. The number of nitrogens with zero attached hydrogens (tertiary/aromatic N) is 2. The zero-order valence-corrected chi connectivity index (χ0v) is 12.2. The number of rotatable bonds is 7. The second kappa shape index (κ2) is 7.22. The summed E-state index contributed by atoms with van der Waals surface area (Å²) in [4.78, 5) is 4.41. The van der Waals surface area contributed by atoms with E-state index in [9.17, 15) is 0 Å². The van der Waals surface area contributed by atoms with Gasteiger partial charge in [-0.25, -0.2) is 4.98 Å². The average Bonchev–Trinajstić information content (AvgIpc) is 2.88. The van der Waals surface area contributed by atoms with E-state index in [0.717, 1.165) is 24.4 Å². The van der Waals surface area contributed by atoms with Crippen LogP contribution in [0.1, 0.15) is 30.8 Å². The fraction of sp³-hybridized carbons (Fsp3) is 0.438. The highest BCUT2D eigenvalue weighted by molar-refractivity contribution is 5.19. The Morgan fingerprint density at radius 2 is 2.05 bits per heavy atom. The molecule has 2 N–H and O–H groups in total. The molecule has 1 heterocycles. The highest BCUT2D eigenvalue weighted by atomic mass is 16.5. The van der Waals surface area contributed by atoms with Crippen LogP contribution in [0.15, 0.2) is 42.7 Å². The van der Waals surface area contributed by atoms with Crippen molar-refractivity contribution in [3.05, 3.63) is 54.1 Å². The summed E-state index contributed by atoms with van der Waals surface area (Å²) in [5.41, 5.74) is 7.45. The third-order valence-electron chi connectivity index (χ3n) is 3.46. The fourth-order valence-electron chi connectivity index (χ4n) is 2.49. The van der Waals surface area contributed by atoms with Crippen LogP contribution < -0.4 is 5.73 Å². The first-order valence-corrected chi connectivity index (χ1v) is 7.09. The molecule has 2 atom stereocenters. The Balaban J connectivity index is 2.09. The Morgan fingerprint density at radius 3 is 2.70 bits per heavy atom. The molecular weight excluding hydrogens is 250 g/mol. The highest BCUT2D eigenvalue weighted by Gasteiger charge is 2.21. The average molecular weight is 273 g/mol. The van der Waals surface area contributed by atoms with Gasteiger partial charge in [-0.15, -0.1) is 0 Å². The molecule has 0 amide bonds. The van der Waals surface area contributed by atoms with Gasteiger partial charge >= 0.3 is 0 Å². The summed E-state index contributed by atoms with van der Waals surface area (Å²) in [7, 11) is 1.70. The molecule has 0 aliphatic heterocycles. The molecule has 2 rings (SSSR count). The number of aryl methyl sites for hydroxylation is 1. The van der Waals surface area contributed by atoms with Crippen molar-refractivity contribution >= 4 is 0 Å². The molecule has 1 aromatic heterocycles. The molecule has 0 spiro atoms. The van der Waals surface area contributed by atoms with Crippen molar-refractivity contribution in [1.82, 2.24) is 9.55 Å². The second-order valence-electron chi connectivity index (χ2n) is 4.97. The molecule has 2 unspecified atom stereocenters. The number of nitrogens with two attached hydrogens (primary N) is 1. The monoisotopic (exact) mass is 273 g/mol. The zero-order valence-electron chi connectivity index (χ0n) is 12.2. The van der Waals surface area contributed by atoms with Crippen molar-refractivity contribution in [1.29, 1.82) is 0 Å². The molecule has 0 radical (unpaired) electrons. The minimum absolute atomic E-state index is 0.108. The van der Waals surface area contributed by atoms with E-state index in [1.54, 1.807) is 7.11 Å². The number of imidazole rings is 1. The molecule has 0 aliphatic rings. The quantitative estimate of drug-likeness (QED) is 0.843. The fourth-order valence-corrected chi connectivity index (χ4v) is 2.49. The van der Waals surface area contributed by atoms with Crippen molar-refractivity contribution in [2.24, 2.45) is 5.73 Å². The van der Waals surface area contributed by atoms with Gasteiger partial charge in [0.15, 0.2) is 0 Å². The van der Waals surface area contributed by atoms with Gasteiger partial charge in [0.25, 0.3) is 0 Å². The van der Waals surface area contributed by atoms with Gasteiger partial charge in [0.1, 0.15) is 5.82 Å². The molecule has 0 fully saturated rings. The molecular formula is C16H23N3O. The number of hydrogen-bond donors (Lipinski definition) is 1. The van der Waals surface area contributed by atoms with Crippen molar-refractivity contribution in [2.45, 2.75) is 38.5 Å². The number of aromatic nitrogens is 2. The highest BCUT2D eigenvalue weighted by Crippen LogP contribution is 2.21. The summed E-state index contributed by atoms with van der Waals surface area (Å²) < 4.78 is 7.75. The Kier molecular flexibility index (Phi) is 5.32. The number of ether oxygens (including phenoxy) is 1. The van der Waals surface area contributed by atoms with Crippen LogP contribution in [0, 0.1) is 0 Å². The van der Waals surface area contributed by atoms with Crippen molar-refractivity contribution in [3.8, 4) is 0 Å². The van der Waals surface area contributed by atoms with Gasteiger partial charge in [0.05, 0.1) is 6.10 Å². The normalized spacial score (nSPS) is 14.2. The van der Waals surface area contributed by atoms with E-state index in [0.29, 0.717) is 6.42 Å². The molecule has 2 aromatic rings.